The topological polar surface area (TPSA) is 67.2 Å². The van der Waals surface area contributed by atoms with Gasteiger partial charge in [-0.3, -0.25) is 9.48 Å². The third kappa shape index (κ3) is 3.18. The molecular weight excluding hydrogens is 292 g/mol. The Hall–Kier alpha value is -2.44. The van der Waals surface area contributed by atoms with Gasteiger partial charge in [0.15, 0.2) is 0 Å². The molecule has 7 nitrogen and oxygen atoms in total. The number of hydrogen-bond donors (Lipinski definition) is 0. The highest BCUT2D eigenvalue weighted by Crippen LogP contribution is 2.16. The van der Waals surface area contributed by atoms with Gasteiger partial charge in [0.2, 0.25) is 11.9 Å². The predicted octanol–water partition coefficient (Wildman–Crippen LogP) is 1.20. The normalized spacial score (nSPS) is 16.5. The third-order valence-electron chi connectivity index (χ3n) is 4.20. The van der Waals surface area contributed by atoms with Crippen LogP contribution in [0.2, 0.25) is 0 Å². The van der Waals surface area contributed by atoms with E-state index in [1.54, 1.807) is 18.5 Å². The lowest BCUT2D eigenvalue weighted by atomic mass is 10.2. The molecule has 122 valence electrons. The van der Waals surface area contributed by atoms with E-state index in [0.29, 0.717) is 13.1 Å². The summed E-state index contributed by atoms with van der Waals surface area (Å²) in [5.41, 5.74) is 1.95. The van der Waals surface area contributed by atoms with Crippen LogP contribution in [0.3, 0.4) is 0 Å². The molecule has 3 rings (SSSR count). The summed E-state index contributed by atoms with van der Waals surface area (Å²) >= 11 is 0. The molecule has 1 aliphatic rings. The first kappa shape index (κ1) is 15.5. The standard InChI is InChI=1S/C16H22N6O/c1-12-11-13(2)22(19-12)14(3)15(23)20-7-9-21(10-8-20)16-17-5-4-6-18-16/h4-6,11,14H,7-10H2,1-3H3/t14-/m0/s1. The fourth-order valence-corrected chi connectivity index (χ4v) is 2.99. The minimum atomic E-state index is -0.275. The fraction of sp³-hybridized carbons (Fsp3) is 0.500. The first-order valence-corrected chi connectivity index (χ1v) is 7.90. The molecule has 3 heterocycles. The van der Waals surface area contributed by atoms with Crippen molar-refractivity contribution in [3.05, 3.63) is 35.9 Å². The number of aryl methyl sites for hydroxylation is 2. The number of aromatic nitrogens is 4. The maximum absolute atomic E-state index is 12.7. The first-order valence-electron chi connectivity index (χ1n) is 7.90. The summed E-state index contributed by atoms with van der Waals surface area (Å²) in [5, 5.41) is 4.43. The summed E-state index contributed by atoms with van der Waals surface area (Å²) in [6.07, 6.45) is 3.48. The lowest BCUT2D eigenvalue weighted by molar-refractivity contribution is -0.134. The minimum absolute atomic E-state index is 0.116. The van der Waals surface area contributed by atoms with Crippen molar-refractivity contribution in [2.75, 3.05) is 31.1 Å². The van der Waals surface area contributed by atoms with Crippen LogP contribution >= 0.6 is 0 Å². The molecule has 0 aliphatic carbocycles. The van der Waals surface area contributed by atoms with Crippen LogP contribution in [0.15, 0.2) is 24.5 Å². The molecule has 2 aromatic heterocycles. The highest BCUT2D eigenvalue weighted by Gasteiger charge is 2.27. The van der Waals surface area contributed by atoms with Gasteiger partial charge in [0.05, 0.1) is 5.69 Å². The summed E-state index contributed by atoms with van der Waals surface area (Å²) in [5.74, 6) is 0.844. The van der Waals surface area contributed by atoms with Crippen LogP contribution in [0.4, 0.5) is 5.95 Å². The van der Waals surface area contributed by atoms with Crippen LogP contribution in [0.25, 0.3) is 0 Å². The highest BCUT2D eigenvalue weighted by atomic mass is 16.2. The lowest BCUT2D eigenvalue weighted by Crippen LogP contribution is -2.50. The van der Waals surface area contributed by atoms with Gasteiger partial charge < -0.3 is 9.80 Å². The van der Waals surface area contributed by atoms with Gasteiger partial charge in [-0.1, -0.05) is 0 Å². The molecule has 1 amide bonds. The average molecular weight is 314 g/mol. The van der Waals surface area contributed by atoms with Crippen molar-refractivity contribution >= 4 is 11.9 Å². The van der Waals surface area contributed by atoms with Crippen LogP contribution in [0, 0.1) is 13.8 Å². The SMILES string of the molecule is Cc1cc(C)n([C@@H](C)C(=O)N2CCN(c3ncccn3)CC2)n1. The molecule has 2 aromatic rings. The molecule has 7 heteroatoms. The summed E-state index contributed by atoms with van der Waals surface area (Å²) in [6, 6.07) is 3.52. The minimum Gasteiger partial charge on any atom is -0.337 e. The molecule has 1 saturated heterocycles. The Bertz CT molecular complexity index is 675. The van der Waals surface area contributed by atoms with Crippen molar-refractivity contribution in [2.45, 2.75) is 26.8 Å². The van der Waals surface area contributed by atoms with E-state index < -0.39 is 0 Å². The molecule has 0 aromatic carbocycles. The maximum atomic E-state index is 12.7. The molecule has 0 bridgehead atoms. The Morgan fingerprint density at radius 1 is 1.13 bits per heavy atom. The predicted molar refractivity (Wildman–Crippen MR) is 87.2 cm³/mol. The Morgan fingerprint density at radius 3 is 2.35 bits per heavy atom. The van der Waals surface area contributed by atoms with Crippen molar-refractivity contribution in [1.29, 1.82) is 0 Å². The monoisotopic (exact) mass is 314 g/mol. The zero-order chi connectivity index (χ0) is 16.4. The van der Waals surface area contributed by atoms with Gasteiger partial charge in [-0.2, -0.15) is 5.10 Å². The molecule has 0 saturated carbocycles. The van der Waals surface area contributed by atoms with E-state index in [1.807, 2.05) is 36.4 Å². The molecule has 0 spiro atoms. The Kier molecular flexibility index (Phi) is 4.27. The van der Waals surface area contributed by atoms with Gasteiger partial charge >= 0.3 is 0 Å². The number of rotatable bonds is 3. The zero-order valence-corrected chi connectivity index (χ0v) is 13.8. The summed E-state index contributed by atoms with van der Waals surface area (Å²) in [4.78, 5) is 25.3. The lowest BCUT2D eigenvalue weighted by Gasteiger charge is -2.36. The van der Waals surface area contributed by atoms with Crippen molar-refractivity contribution in [3.63, 3.8) is 0 Å². The largest absolute Gasteiger partial charge is 0.337 e. The molecule has 23 heavy (non-hydrogen) atoms. The maximum Gasteiger partial charge on any atom is 0.247 e. The number of hydrogen-bond acceptors (Lipinski definition) is 5. The second-order valence-corrected chi connectivity index (χ2v) is 5.91. The van der Waals surface area contributed by atoms with Gasteiger partial charge in [-0.25, -0.2) is 9.97 Å². The number of carbonyl (C=O) groups excluding carboxylic acids is 1. The van der Waals surface area contributed by atoms with Crippen molar-refractivity contribution in [2.24, 2.45) is 0 Å². The van der Waals surface area contributed by atoms with Crippen molar-refractivity contribution < 1.29 is 4.79 Å². The van der Waals surface area contributed by atoms with E-state index in [9.17, 15) is 4.79 Å². The van der Waals surface area contributed by atoms with Crippen LogP contribution in [-0.2, 0) is 4.79 Å². The van der Waals surface area contributed by atoms with Gasteiger partial charge in [-0.15, -0.1) is 0 Å². The van der Waals surface area contributed by atoms with Crippen LogP contribution in [-0.4, -0.2) is 56.7 Å². The van der Waals surface area contributed by atoms with Crippen molar-refractivity contribution in [1.82, 2.24) is 24.6 Å². The number of nitrogens with zero attached hydrogens (tertiary/aromatic N) is 6. The van der Waals surface area contributed by atoms with E-state index in [2.05, 4.69) is 20.0 Å². The van der Waals surface area contributed by atoms with Gasteiger partial charge in [0, 0.05) is 44.3 Å². The molecule has 0 radical (unpaired) electrons. The van der Waals surface area contributed by atoms with E-state index >= 15 is 0 Å². The van der Waals surface area contributed by atoms with E-state index in [1.165, 1.54) is 0 Å². The second kappa shape index (κ2) is 6.36. The van der Waals surface area contributed by atoms with Crippen LogP contribution < -0.4 is 4.90 Å². The molecule has 0 N–H and O–H groups in total. The quantitative estimate of drug-likeness (QED) is 0.851. The molecular formula is C16H22N6O. The Morgan fingerprint density at radius 2 is 1.78 bits per heavy atom. The number of amides is 1. The third-order valence-corrected chi connectivity index (χ3v) is 4.20. The van der Waals surface area contributed by atoms with Gasteiger partial charge in [0.25, 0.3) is 0 Å². The van der Waals surface area contributed by atoms with Crippen LogP contribution in [0.5, 0.6) is 0 Å². The molecule has 1 atom stereocenters. The second-order valence-electron chi connectivity index (χ2n) is 5.91. The zero-order valence-electron chi connectivity index (χ0n) is 13.8. The van der Waals surface area contributed by atoms with Crippen molar-refractivity contribution in [3.8, 4) is 0 Å². The molecule has 1 aliphatic heterocycles. The highest BCUT2D eigenvalue weighted by molar-refractivity contribution is 5.80. The average Bonchev–Trinajstić information content (AvgIpc) is 2.93. The number of piperazine rings is 1. The Labute approximate surface area is 135 Å². The van der Waals surface area contributed by atoms with E-state index in [0.717, 1.165) is 30.4 Å². The number of carbonyl (C=O) groups is 1. The smallest absolute Gasteiger partial charge is 0.247 e. The summed E-state index contributed by atoms with van der Waals surface area (Å²) in [6.45, 7) is 8.70. The molecule has 1 fully saturated rings. The summed E-state index contributed by atoms with van der Waals surface area (Å²) in [7, 11) is 0. The van der Waals surface area contributed by atoms with Crippen LogP contribution in [0.1, 0.15) is 24.4 Å². The first-order chi connectivity index (χ1) is 11.1. The summed E-state index contributed by atoms with van der Waals surface area (Å²) < 4.78 is 1.81. The van der Waals surface area contributed by atoms with Gasteiger partial charge in [-0.05, 0) is 32.9 Å². The number of anilines is 1. The van der Waals surface area contributed by atoms with E-state index in [-0.39, 0.29) is 11.9 Å². The Balaban J connectivity index is 1.63. The molecule has 0 unspecified atom stereocenters. The fourth-order valence-electron chi connectivity index (χ4n) is 2.99. The van der Waals surface area contributed by atoms with E-state index in [4.69, 9.17) is 0 Å². The van der Waals surface area contributed by atoms with Gasteiger partial charge in [0.1, 0.15) is 6.04 Å².